The zero-order valence-corrected chi connectivity index (χ0v) is 14.0. The Kier molecular flexibility index (Phi) is 4.82. The molecule has 0 aliphatic carbocycles. The van der Waals surface area contributed by atoms with Gasteiger partial charge in [-0.1, -0.05) is 11.6 Å². The van der Waals surface area contributed by atoms with Crippen molar-refractivity contribution in [3.8, 4) is 0 Å². The van der Waals surface area contributed by atoms with Crippen LogP contribution in [0.15, 0.2) is 10.5 Å². The topological polar surface area (TPSA) is 18.5 Å². The molecule has 1 aromatic heterocycles. The normalized spacial score (nSPS) is 26.1. The maximum atomic E-state index is 6.09. The molecule has 6 heteroatoms. The summed E-state index contributed by atoms with van der Waals surface area (Å²) in [4.78, 5) is 6.54. The number of rotatable bonds is 3. The predicted octanol–water partition coefficient (Wildman–Crippen LogP) is 2.64. The largest absolute Gasteiger partial charge is 0.315 e. The molecule has 1 aromatic rings. The molecule has 1 unspecified atom stereocenters. The van der Waals surface area contributed by atoms with Gasteiger partial charge in [0.15, 0.2) is 0 Å². The van der Waals surface area contributed by atoms with Crippen LogP contribution in [0.2, 0.25) is 4.34 Å². The second-order valence-corrected chi connectivity index (χ2v) is 7.89. The average Bonchev–Trinajstić information content (AvgIpc) is 3.02. The Morgan fingerprint density at radius 1 is 1.37 bits per heavy atom. The Morgan fingerprint density at radius 2 is 2.16 bits per heavy atom. The molecule has 0 spiro atoms. The third kappa shape index (κ3) is 3.52. The number of thiophene rings is 1. The van der Waals surface area contributed by atoms with Gasteiger partial charge >= 0.3 is 0 Å². The summed E-state index contributed by atoms with van der Waals surface area (Å²) in [6, 6.07) is 2.92. The lowest BCUT2D eigenvalue weighted by Crippen LogP contribution is -2.50. The smallest absolute Gasteiger partial charge is 0.107 e. The van der Waals surface area contributed by atoms with E-state index in [1.165, 1.54) is 50.6 Å². The van der Waals surface area contributed by atoms with Crippen LogP contribution in [0, 0.1) is 0 Å². The first kappa shape index (κ1) is 14.3. The standard InChI is InChI=1S/C13H19BrClN3S/c14-12-7-11(19-13(12)15)9-17-3-5-18(6-4-17)10-1-2-16-8-10/h7,10,16H,1-6,8-9H2. The van der Waals surface area contributed by atoms with Crippen LogP contribution in [0.4, 0.5) is 0 Å². The summed E-state index contributed by atoms with van der Waals surface area (Å²) in [6.45, 7) is 8.14. The van der Waals surface area contributed by atoms with Gasteiger partial charge in [-0.2, -0.15) is 0 Å². The average molecular weight is 365 g/mol. The summed E-state index contributed by atoms with van der Waals surface area (Å²) >= 11 is 11.3. The number of piperazine rings is 1. The van der Waals surface area contributed by atoms with Gasteiger partial charge in [-0.25, -0.2) is 0 Å². The highest BCUT2D eigenvalue weighted by atomic mass is 79.9. The Labute approximate surface area is 132 Å². The van der Waals surface area contributed by atoms with Crippen molar-refractivity contribution >= 4 is 38.9 Å². The highest BCUT2D eigenvalue weighted by Crippen LogP contribution is 2.32. The summed E-state index contributed by atoms with van der Waals surface area (Å²) in [5, 5.41) is 3.46. The zero-order valence-electron chi connectivity index (χ0n) is 10.9. The molecule has 19 heavy (non-hydrogen) atoms. The molecule has 3 rings (SSSR count). The quantitative estimate of drug-likeness (QED) is 0.889. The van der Waals surface area contributed by atoms with E-state index < -0.39 is 0 Å². The van der Waals surface area contributed by atoms with Gasteiger partial charge in [0.05, 0.1) is 0 Å². The molecule has 2 fully saturated rings. The Bertz CT molecular complexity index is 406. The van der Waals surface area contributed by atoms with Crippen molar-refractivity contribution in [2.75, 3.05) is 39.3 Å². The van der Waals surface area contributed by atoms with E-state index in [1.54, 1.807) is 11.3 Å². The Balaban J connectivity index is 1.49. The maximum Gasteiger partial charge on any atom is 0.107 e. The molecule has 0 aromatic carbocycles. The second-order valence-electron chi connectivity index (χ2n) is 5.29. The van der Waals surface area contributed by atoms with E-state index in [9.17, 15) is 0 Å². The molecule has 106 valence electrons. The van der Waals surface area contributed by atoms with Crippen molar-refractivity contribution in [1.29, 1.82) is 0 Å². The third-order valence-electron chi connectivity index (χ3n) is 4.03. The van der Waals surface area contributed by atoms with Crippen LogP contribution in [0.1, 0.15) is 11.3 Å². The summed E-state index contributed by atoms with van der Waals surface area (Å²) < 4.78 is 1.90. The van der Waals surface area contributed by atoms with E-state index >= 15 is 0 Å². The SMILES string of the molecule is Clc1sc(CN2CCN(C3CCNC3)CC2)cc1Br. The van der Waals surface area contributed by atoms with Gasteiger partial charge in [0.1, 0.15) is 4.34 Å². The molecule has 0 amide bonds. The van der Waals surface area contributed by atoms with Gasteiger partial charge in [-0.05, 0) is 35.0 Å². The van der Waals surface area contributed by atoms with Gasteiger partial charge in [0.25, 0.3) is 0 Å². The fraction of sp³-hybridized carbons (Fsp3) is 0.692. The van der Waals surface area contributed by atoms with Gasteiger partial charge < -0.3 is 5.32 Å². The van der Waals surface area contributed by atoms with E-state index in [4.69, 9.17) is 11.6 Å². The van der Waals surface area contributed by atoms with Crippen molar-refractivity contribution in [2.24, 2.45) is 0 Å². The van der Waals surface area contributed by atoms with Crippen molar-refractivity contribution in [3.63, 3.8) is 0 Å². The van der Waals surface area contributed by atoms with Crippen molar-refractivity contribution in [2.45, 2.75) is 19.0 Å². The lowest BCUT2D eigenvalue weighted by atomic mass is 10.2. The molecule has 2 saturated heterocycles. The highest BCUT2D eigenvalue weighted by molar-refractivity contribution is 9.10. The maximum absolute atomic E-state index is 6.09. The number of nitrogens with zero attached hydrogens (tertiary/aromatic N) is 2. The fourth-order valence-corrected chi connectivity index (χ4v) is 4.76. The number of hydrogen-bond acceptors (Lipinski definition) is 4. The molecule has 3 nitrogen and oxygen atoms in total. The van der Waals surface area contributed by atoms with Crippen LogP contribution >= 0.6 is 38.9 Å². The number of nitrogens with one attached hydrogen (secondary N) is 1. The minimum Gasteiger partial charge on any atom is -0.315 e. The minimum atomic E-state index is 0.771. The van der Waals surface area contributed by atoms with E-state index in [0.717, 1.165) is 21.4 Å². The van der Waals surface area contributed by atoms with Crippen LogP contribution in [-0.2, 0) is 6.54 Å². The van der Waals surface area contributed by atoms with Crippen molar-refractivity contribution < 1.29 is 0 Å². The third-order valence-corrected chi connectivity index (χ3v) is 6.49. The lowest BCUT2D eigenvalue weighted by molar-refractivity contribution is 0.0987. The molecule has 2 aliphatic heterocycles. The van der Waals surface area contributed by atoms with E-state index in [-0.39, 0.29) is 0 Å². The first-order valence-corrected chi connectivity index (χ1v) is 8.82. The van der Waals surface area contributed by atoms with Gasteiger partial charge in [0.2, 0.25) is 0 Å². The fourth-order valence-electron chi connectivity index (χ4n) is 2.93. The van der Waals surface area contributed by atoms with Crippen LogP contribution in [0.3, 0.4) is 0 Å². The lowest BCUT2D eigenvalue weighted by Gasteiger charge is -2.37. The van der Waals surface area contributed by atoms with Crippen LogP contribution in [0.5, 0.6) is 0 Å². The summed E-state index contributed by atoms with van der Waals surface area (Å²) in [6.07, 6.45) is 1.31. The van der Waals surface area contributed by atoms with Gasteiger partial charge in [0, 0.05) is 54.7 Å². The van der Waals surface area contributed by atoms with E-state index in [2.05, 4.69) is 37.1 Å². The van der Waals surface area contributed by atoms with Crippen molar-refractivity contribution in [3.05, 3.63) is 19.8 Å². The second kappa shape index (κ2) is 6.41. The number of halogens is 2. The minimum absolute atomic E-state index is 0.771. The first-order chi connectivity index (χ1) is 9.22. The number of hydrogen-bond donors (Lipinski definition) is 1. The molecular formula is C13H19BrClN3S. The predicted molar refractivity (Wildman–Crippen MR) is 85.2 cm³/mol. The summed E-state index contributed by atoms with van der Waals surface area (Å²) in [5.41, 5.74) is 0. The molecule has 2 aliphatic rings. The molecular weight excluding hydrogens is 346 g/mol. The van der Waals surface area contributed by atoms with Gasteiger partial charge in [-0.3, -0.25) is 9.80 Å². The highest BCUT2D eigenvalue weighted by Gasteiger charge is 2.26. The van der Waals surface area contributed by atoms with E-state index in [0.29, 0.717) is 0 Å². The van der Waals surface area contributed by atoms with Crippen LogP contribution < -0.4 is 5.32 Å². The van der Waals surface area contributed by atoms with Gasteiger partial charge in [-0.15, -0.1) is 11.3 Å². The molecule has 0 bridgehead atoms. The molecule has 3 heterocycles. The molecule has 0 radical (unpaired) electrons. The molecule has 1 atom stereocenters. The first-order valence-electron chi connectivity index (χ1n) is 6.83. The summed E-state index contributed by atoms with van der Waals surface area (Å²) in [7, 11) is 0. The summed E-state index contributed by atoms with van der Waals surface area (Å²) in [5.74, 6) is 0. The monoisotopic (exact) mass is 363 g/mol. The van der Waals surface area contributed by atoms with Crippen LogP contribution in [0.25, 0.3) is 0 Å². The Hall–Kier alpha value is 0.350. The van der Waals surface area contributed by atoms with E-state index in [1.807, 2.05) is 0 Å². The van der Waals surface area contributed by atoms with Crippen molar-refractivity contribution in [1.82, 2.24) is 15.1 Å². The zero-order chi connectivity index (χ0) is 13.2. The molecule has 1 N–H and O–H groups in total. The Morgan fingerprint density at radius 3 is 2.74 bits per heavy atom. The van der Waals surface area contributed by atoms with Crippen LogP contribution in [-0.4, -0.2) is 55.1 Å². The molecule has 0 saturated carbocycles.